The summed E-state index contributed by atoms with van der Waals surface area (Å²) in [5.74, 6) is 0.115. The molecule has 0 aliphatic carbocycles. The third kappa shape index (κ3) is 6.30. The van der Waals surface area contributed by atoms with Gasteiger partial charge in [-0.05, 0) is 44.0 Å². The molecule has 34 heavy (non-hydrogen) atoms. The number of carbonyl (C=O) groups excluding carboxylic acids is 2. The molecule has 2 aromatic rings. The zero-order chi connectivity index (χ0) is 24.7. The van der Waals surface area contributed by atoms with Crippen molar-refractivity contribution in [2.24, 2.45) is 5.92 Å². The standard InChI is InChI=1S/C25H35N5O4/c1-6-11-30-14-17(2)23(33-5)15-29(4)25(32)20-12-19(7-8-22(20)34-16-18(30)3)28-24(31)21-13-26-9-10-27-21/h7-10,12-13,17-18,23H,6,11,14-16H2,1-5H3,(H,28,31)/t17-,18-,23+/m0/s1. The van der Waals surface area contributed by atoms with Gasteiger partial charge < -0.3 is 19.7 Å². The Bertz CT molecular complexity index is 971. The molecule has 1 aliphatic rings. The van der Waals surface area contributed by atoms with Gasteiger partial charge in [-0.25, -0.2) is 4.98 Å². The number of hydrogen-bond donors (Lipinski definition) is 1. The van der Waals surface area contributed by atoms with Crippen molar-refractivity contribution < 1.29 is 19.1 Å². The number of nitrogens with zero attached hydrogens (tertiary/aromatic N) is 4. The molecule has 1 aromatic carbocycles. The lowest BCUT2D eigenvalue weighted by molar-refractivity contribution is 0.0108. The lowest BCUT2D eigenvalue weighted by atomic mass is 10.0. The molecule has 0 fully saturated rings. The van der Waals surface area contributed by atoms with E-state index in [-0.39, 0.29) is 29.7 Å². The molecule has 1 aliphatic heterocycles. The van der Waals surface area contributed by atoms with Gasteiger partial charge >= 0.3 is 0 Å². The average Bonchev–Trinajstić information content (AvgIpc) is 2.85. The van der Waals surface area contributed by atoms with Crippen LogP contribution in [0.1, 0.15) is 48.0 Å². The number of aromatic nitrogens is 2. The third-order valence-electron chi connectivity index (χ3n) is 6.14. The Balaban J connectivity index is 1.91. The Morgan fingerprint density at radius 1 is 1.26 bits per heavy atom. The van der Waals surface area contributed by atoms with E-state index >= 15 is 0 Å². The summed E-state index contributed by atoms with van der Waals surface area (Å²) >= 11 is 0. The van der Waals surface area contributed by atoms with Crippen molar-refractivity contribution >= 4 is 17.5 Å². The predicted molar refractivity (Wildman–Crippen MR) is 130 cm³/mol. The molecule has 9 heteroatoms. The van der Waals surface area contributed by atoms with Gasteiger partial charge in [-0.1, -0.05) is 13.8 Å². The van der Waals surface area contributed by atoms with Crippen molar-refractivity contribution in [2.75, 3.05) is 45.7 Å². The quantitative estimate of drug-likeness (QED) is 0.719. The fraction of sp³-hybridized carbons (Fsp3) is 0.520. The summed E-state index contributed by atoms with van der Waals surface area (Å²) in [7, 11) is 3.45. The molecule has 2 amide bonds. The molecule has 0 bridgehead atoms. The second-order valence-electron chi connectivity index (χ2n) is 8.85. The summed E-state index contributed by atoms with van der Waals surface area (Å²) in [6.07, 6.45) is 5.28. The van der Waals surface area contributed by atoms with E-state index in [9.17, 15) is 9.59 Å². The van der Waals surface area contributed by atoms with Gasteiger partial charge in [-0.15, -0.1) is 0 Å². The first-order valence-electron chi connectivity index (χ1n) is 11.7. The Kier molecular flexibility index (Phi) is 8.95. The third-order valence-corrected chi connectivity index (χ3v) is 6.14. The maximum absolute atomic E-state index is 13.4. The minimum Gasteiger partial charge on any atom is -0.491 e. The summed E-state index contributed by atoms with van der Waals surface area (Å²) in [5.41, 5.74) is 1.05. The number of likely N-dealkylation sites (N-methyl/N-ethyl adjacent to an activating group) is 1. The second kappa shape index (κ2) is 11.9. The Morgan fingerprint density at radius 2 is 2.06 bits per heavy atom. The maximum atomic E-state index is 13.4. The predicted octanol–water partition coefficient (Wildman–Crippen LogP) is 2.94. The number of methoxy groups -OCH3 is 1. The van der Waals surface area contributed by atoms with Crippen molar-refractivity contribution in [3.8, 4) is 5.75 Å². The highest BCUT2D eigenvalue weighted by atomic mass is 16.5. The maximum Gasteiger partial charge on any atom is 0.275 e. The minimum atomic E-state index is -0.403. The summed E-state index contributed by atoms with van der Waals surface area (Å²) < 4.78 is 11.9. The topological polar surface area (TPSA) is 96.9 Å². The van der Waals surface area contributed by atoms with Crippen LogP contribution in [0.2, 0.25) is 0 Å². The summed E-state index contributed by atoms with van der Waals surface area (Å²) in [4.78, 5) is 38.0. The van der Waals surface area contributed by atoms with E-state index < -0.39 is 5.91 Å². The molecule has 0 spiro atoms. The Morgan fingerprint density at radius 3 is 2.74 bits per heavy atom. The van der Waals surface area contributed by atoms with E-state index in [1.54, 1.807) is 37.3 Å². The molecule has 1 aromatic heterocycles. The van der Waals surface area contributed by atoms with Crippen LogP contribution in [0.15, 0.2) is 36.8 Å². The van der Waals surface area contributed by atoms with Gasteiger partial charge in [0.2, 0.25) is 0 Å². The van der Waals surface area contributed by atoms with Crippen molar-refractivity contribution in [2.45, 2.75) is 39.3 Å². The highest BCUT2D eigenvalue weighted by Crippen LogP contribution is 2.26. The van der Waals surface area contributed by atoms with Gasteiger partial charge in [0.05, 0.1) is 17.9 Å². The highest BCUT2D eigenvalue weighted by Gasteiger charge is 2.28. The van der Waals surface area contributed by atoms with E-state index in [1.165, 1.54) is 18.6 Å². The van der Waals surface area contributed by atoms with Crippen LogP contribution in [0, 0.1) is 5.92 Å². The zero-order valence-corrected chi connectivity index (χ0v) is 20.7. The first-order valence-corrected chi connectivity index (χ1v) is 11.7. The van der Waals surface area contributed by atoms with Crippen LogP contribution in [0.5, 0.6) is 5.75 Å². The minimum absolute atomic E-state index is 0.108. The fourth-order valence-corrected chi connectivity index (χ4v) is 4.14. The van der Waals surface area contributed by atoms with Gasteiger partial charge in [0.1, 0.15) is 18.1 Å². The lowest BCUT2D eigenvalue weighted by Gasteiger charge is -2.35. The monoisotopic (exact) mass is 469 g/mol. The number of hydrogen-bond acceptors (Lipinski definition) is 7. The van der Waals surface area contributed by atoms with E-state index in [0.29, 0.717) is 30.2 Å². The number of nitrogens with one attached hydrogen (secondary N) is 1. The van der Waals surface area contributed by atoms with Crippen LogP contribution in [0.25, 0.3) is 0 Å². The van der Waals surface area contributed by atoms with Crippen molar-refractivity contribution in [3.63, 3.8) is 0 Å². The molecule has 0 radical (unpaired) electrons. The van der Waals surface area contributed by atoms with Crippen LogP contribution in [-0.4, -0.2) is 84.1 Å². The van der Waals surface area contributed by atoms with Crippen LogP contribution in [0.4, 0.5) is 5.69 Å². The molecule has 9 nitrogen and oxygen atoms in total. The number of anilines is 1. The van der Waals surface area contributed by atoms with Gasteiger partial charge in [-0.3, -0.25) is 19.5 Å². The molecular weight excluding hydrogens is 434 g/mol. The summed E-state index contributed by atoms with van der Waals surface area (Å²) in [5, 5.41) is 2.79. The molecule has 0 unspecified atom stereocenters. The van der Waals surface area contributed by atoms with E-state index in [0.717, 1.165) is 19.5 Å². The number of ether oxygens (including phenoxy) is 2. The first-order chi connectivity index (χ1) is 16.3. The molecule has 184 valence electrons. The first kappa shape index (κ1) is 25.6. The normalized spacial score (nSPS) is 22.2. The van der Waals surface area contributed by atoms with Crippen molar-refractivity contribution in [1.29, 1.82) is 0 Å². The fourth-order valence-electron chi connectivity index (χ4n) is 4.14. The Labute approximate surface area is 201 Å². The van der Waals surface area contributed by atoms with Crippen LogP contribution < -0.4 is 10.1 Å². The summed E-state index contributed by atoms with van der Waals surface area (Å²) in [6, 6.07) is 5.26. The molecule has 3 atom stereocenters. The number of carbonyl (C=O) groups is 2. The number of benzene rings is 1. The van der Waals surface area contributed by atoms with Crippen LogP contribution in [0.3, 0.4) is 0 Å². The van der Waals surface area contributed by atoms with E-state index in [2.05, 4.69) is 41.0 Å². The Hall–Kier alpha value is -3.04. The van der Waals surface area contributed by atoms with Crippen LogP contribution >= 0.6 is 0 Å². The number of amides is 2. The number of fused-ring (bicyclic) bond motifs is 1. The van der Waals surface area contributed by atoms with Gasteiger partial charge in [0, 0.05) is 51.4 Å². The van der Waals surface area contributed by atoms with E-state index in [4.69, 9.17) is 9.47 Å². The molecular formula is C25H35N5O4. The van der Waals surface area contributed by atoms with Crippen LogP contribution in [-0.2, 0) is 4.74 Å². The number of rotatable bonds is 5. The lowest BCUT2D eigenvalue weighted by Crippen LogP contribution is -2.46. The van der Waals surface area contributed by atoms with Gasteiger partial charge in [0.25, 0.3) is 11.8 Å². The van der Waals surface area contributed by atoms with Crippen molar-refractivity contribution in [3.05, 3.63) is 48.0 Å². The smallest absolute Gasteiger partial charge is 0.275 e. The molecule has 0 saturated heterocycles. The SMILES string of the molecule is CCCN1C[C@H](C)[C@H](OC)CN(C)C(=O)c2cc(NC(=O)c3cnccn3)ccc2OC[C@@H]1C. The molecule has 1 N–H and O–H groups in total. The van der Waals surface area contributed by atoms with Gasteiger partial charge in [-0.2, -0.15) is 0 Å². The largest absolute Gasteiger partial charge is 0.491 e. The highest BCUT2D eigenvalue weighted by molar-refractivity contribution is 6.04. The molecule has 2 heterocycles. The second-order valence-corrected chi connectivity index (χ2v) is 8.85. The van der Waals surface area contributed by atoms with Crippen molar-refractivity contribution in [1.82, 2.24) is 19.8 Å². The molecule has 3 rings (SSSR count). The summed E-state index contributed by atoms with van der Waals surface area (Å²) in [6.45, 7) is 9.17. The average molecular weight is 470 g/mol. The van der Waals surface area contributed by atoms with E-state index in [1.807, 2.05) is 0 Å². The van der Waals surface area contributed by atoms with Gasteiger partial charge in [0.15, 0.2) is 0 Å². The molecule has 0 saturated carbocycles. The zero-order valence-electron chi connectivity index (χ0n) is 20.7.